The Balaban J connectivity index is 1.66. The Morgan fingerprint density at radius 2 is 1.93 bits per heavy atom. The Morgan fingerprint density at radius 3 is 2.63 bits per heavy atom. The molecule has 0 aliphatic carbocycles. The van der Waals surface area contributed by atoms with Crippen LogP contribution in [0.15, 0.2) is 60.0 Å². The molecule has 8 heteroatoms. The summed E-state index contributed by atoms with van der Waals surface area (Å²) >= 11 is 1.33. The zero-order valence-corrected chi connectivity index (χ0v) is 16.2. The van der Waals surface area contributed by atoms with Gasteiger partial charge in [-0.05, 0) is 36.4 Å². The van der Waals surface area contributed by atoms with E-state index < -0.39 is 0 Å². The molecule has 1 N–H and O–H groups in total. The summed E-state index contributed by atoms with van der Waals surface area (Å²) in [7, 11) is 5.51. The van der Waals surface area contributed by atoms with E-state index in [4.69, 9.17) is 4.74 Å². The first-order valence-electron chi connectivity index (χ1n) is 8.32. The van der Waals surface area contributed by atoms with Crippen molar-refractivity contribution in [2.75, 3.05) is 37.2 Å². The summed E-state index contributed by atoms with van der Waals surface area (Å²) in [6, 6.07) is 15.3. The van der Waals surface area contributed by atoms with E-state index in [2.05, 4.69) is 15.5 Å². The van der Waals surface area contributed by atoms with Crippen LogP contribution in [0, 0.1) is 0 Å². The molecule has 0 aliphatic rings. The number of benzene rings is 2. The maximum Gasteiger partial charge on any atom is 0.234 e. The third kappa shape index (κ3) is 4.59. The van der Waals surface area contributed by atoms with E-state index in [1.165, 1.54) is 11.8 Å². The zero-order valence-electron chi connectivity index (χ0n) is 15.4. The lowest BCUT2D eigenvalue weighted by Crippen LogP contribution is -2.18. The molecule has 0 atom stereocenters. The van der Waals surface area contributed by atoms with Crippen molar-refractivity contribution in [3.05, 3.63) is 54.9 Å². The monoisotopic (exact) mass is 383 g/mol. The van der Waals surface area contributed by atoms with E-state index in [0.717, 1.165) is 22.8 Å². The van der Waals surface area contributed by atoms with Crippen LogP contribution >= 0.6 is 11.8 Å². The van der Waals surface area contributed by atoms with Gasteiger partial charge in [0.1, 0.15) is 12.1 Å². The summed E-state index contributed by atoms with van der Waals surface area (Å²) < 4.78 is 7.02. The molecule has 0 saturated heterocycles. The van der Waals surface area contributed by atoms with Crippen molar-refractivity contribution < 1.29 is 9.53 Å². The van der Waals surface area contributed by atoms with E-state index in [1.54, 1.807) is 13.4 Å². The molecule has 0 aliphatic heterocycles. The van der Waals surface area contributed by atoms with E-state index in [0.29, 0.717) is 5.16 Å². The lowest BCUT2D eigenvalue weighted by Gasteiger charge is -2.17. The van der Waals surface area contributed by atoms with Gasteiger partial charge in [-0.3, -0.25) is 9.36 Å². The standard InChI is InChI=1S/C19H21N5O2S/c1-23(2)17-7-5-4-6-16(17)21-18(25)12-27-19-22-20-13-24(19)14-8-10-15(26-3)11-9-14/h4-11,13H,12H2,1-3H3,(H,21,25). The second-order valence-corrected chi connectivity index (χ2v) is 6.87. The molecule has 0 radical (unpaired) electrons. The zero-order chi connectivity index (χ0) is 19.2. The van der Waals surface area contributed by atoms with Gasteiger partial charge in [0.25, 0.3) is 0 Å². The Labute approximate surface area is 162 Å². The summed E-state index contributed by atoms with van der Waals surface area (Å²) in [5.41, 5.74) is 2.64. The van der Waals surface area contributed by atoms with Crippen molar-refractivity contribution >= 4 is 29.0 Å². The second-order valence-electron chi connectivity index (χ2n) is 5.93. The smallest absolute Gasteiger partial charge is 0.234 e. The van der Waals surface area contributed by atoms with Gasteiger partial charge >= 0.3 is 0 Å². The van der Waals surface area contributed by atoms with Gasteiger partial charge in [-0.15, -0.1) is 10.2 Å². The molecule has 0 saturated carbocycles. The Bertz CT molecular complexity index is 908. The Kier molecular flexibility index (Phi) is 5.97. The number of nitrogens with one attached hydrogen (secondary N) is 1. The highest BCUT2D eigenvalue weighted by Crippen LogP contribution is 2.25. The number of amides is 1. The summed E-state index contributed by atoms with van der Waals surface area (Å²) in [4.78, 5) is 14.4. The fourth-order valence-corrected chi connectivity index (χ4v) is 3.26. The first kappa shape index (κ1) is 18.8. The van der Waals surface area contributed by atoms with Crippen LogP contribution in [0.5, 0.6) is 5.75 Å². The van der Waals surface area contributed by atoms with Gasteiger partial charge in [-0.25, -0.2) is 0 Å². The number of hydrogen-bond acceptors (Lipinski definition) is 6. The molecule has 27 heavy (non-hydrogen) atoms. The van der Waals surface area contributed by atoms with Crippen molar-refractivity contribution in [1.29, 1.82) is 0 Å². The van der Waals surface area contributed by atoms with Gasteiger partial charge in [0, 0.05) is 19.8 Å². The normalized spacial score (nSPS) is 10.5. The molecular formula is C19H21N5O2S. The fourth-order valence-electron chi connectivity index (χ4n) is 2.53. The molecule has 3 rings (SSSR count). The molecule has 2 aromatic carbocycles. The predicted molar refractivity (Wildman–Crippen MR) is 108 cm³/mol. The molecule has 7 nitrogen and oxygen atoms in total. The van der Waals surface area contributed by atoms with Gasteiger partial charge in [0.2, 0.25) is 5.91 Å². The number of nitrogens with zero attached hydrogens (tertiary/aromatic N) is 4. The number of anilines is 2. The van der Waals surface area contributed by atoms with Crippen LogP contribution < -0.4 is 15.0 Å². The van der Waals surface area contributed by atoms with Crippen LogP contribution in [0.3, 0.4) is 0 Å². The maximum atomic E-state index is 12.4. The van der Waals surface area contributed by atoms with Gasteiger partial charge in [-0.1, -0.05) is 23.9 Å². The van der Waals surface area contributed by atoms with E-state index >= 15 is 0 Å². The summed E-state index contributed by atoms with van der Waals surface area (Å²) in [6.07, 6.45) is 1.63. The fraction of sp³-hybridized carbons (Fsp3) is 0.211. The Hall–Kier alpha value is -3.00. The quantitative estimate of drug-likeness (QED) is 0.632. The van der Waals surface area contributed by atoms with Crippen LogP contribution in [0.4, 0.5) is 11.4 Å². The number of para-hydroxylation sites is 2. The minimum atomic E-state index is -0.0985. The summed E-state index contributed by atoms with van der Waals surface area (Å²) in [5.74, 6) is 0.912. The van der Waals surface area contributed by atoms with E-state index in [9.17, 15) is 4.79 Å². The van der Waals surface area contributed by atoms with Crippen LogP contribution in [0.1, 0.15) is 0 Å². The number of ether oxygens (including phenoxy) is 1. The number of hydrogen-bond donors (Lipinski definition) is 1. The minimum absolute atomic E-state index is 0.0985. The molecule has 3 aromatic rings. The number of carbonyl (C=O) groups excluding carboxylic acids is 1. The SMILES string of the molecule is COc1ccc(-n2cnnc2SCC(=O)Nc2ccccc2N(C)C)cc1. The minimum Gasteiger partial charge on any atom is -0.497 e. The third-order valence-electron chi connectivity index (χ3n) is 3.86. The van der Waals surface area contributed by atoms with Crippen LogP contribution in [0.2, 0.25) is 0 Å². The highest BCUT2D eigenvalue weighted by Gasteiger charge is 2.12. The van der Waals surface area contributed by atoms with E-state index in [-0.39, 0.29) is 11.7 Å². The topological polar surface area (TPSA) is 72.3 Å². The molecule has 0 bridgehead atoms. The largest absolute Gasteiger partial charge is 0.497 e. The van der Waals surface area contributed by atoms with Crippen LogP contribution in [-0.4, -0.2) is 47.6 Å². The third-order valence-corrected chi connectivity index (χ3v) is 4.80. The number of thioether (sulfide) groups is 1. The second kappa shape index (κ2) is 8.59. The average Bonchev–Trinajstić information content (AvgIpc) is 3.15. The number of carbonyl (C=O) groups is 1. The number of aromatic nitrogens is 3. The van der Waals surface area contributed by atoms with Crippen LogP contribution in [-0.2, 0) is 4.79 Å². The summed E-state index contributed by atoms with van der Waals surface area (Å²) in [5, 5.41) is 11.7. The molecule has 0 unspecified atom stereocenters. The highest BCUT2D eigenvalue weighted by atomic mass is 32.2. The first-order valence-corrected chi connectivity index (χ1v) is 9.30. The molecular weight excluding hydrogens is 362 g/mol. The van der Waals surface area contributed by atoms with Crippen molar-refractivity contribution in [1.82, 2.24) is 14.8 Å². The molecule has 1 aromatic heterocycles. The average molecular weight is 383 g/mol. The molecule has 1 amide bonds. The van der Waals surface area contributed by atoms with E-state index in [1.807, 2.05) is 72.1 Å². The molecule has 0 fully saturated rings. The van der Waals surface area contributed by atoms with Gasteiger partial charge in [0.15, 0.2) is 5.16 Å². The highest BCUT2D eigenvalue weighted by molar-refractivity contribution is 7.99. The van der Waals surface area contributed by atoms with Gasteiger partial charge < -0.3 is 15.0 Å². The Morgan fingerprint density at radius 1 is 1.19 bits per heavy atom. The van der Waals surface area contributed by atoms with Crippen molar-refractivity contribution in [2.45, 2.75) is 5.16 Å². The van der Waals surface area contributed by atoms with Crippen molar-refractivity contribution in [2.24, 2.45) is 0 Å². The predicted octanol–water partition coefficient (Wildman–Crippen LogP) is 3.07. The number of rotatable bonds is 7. The van der Waals surface area contributed by atoms with Crippen molar-refractivity contribution in [3.63, 3.8) is 0 Å². The van der Waals surface area contributed by atoms with Gasteiger partial charge in [-0.2, -0.15) is 0 Å². The number of methoxy groups -OCH3 is 1. The lowest BCUT2D eigenvalue weighted by molar-refractivity contribution is -0.113. The van der Waals surface area contributed by atoms with Gasteiger partial charge in [0.05, 0.1) is 24.2 Å². The lowest BCUT2D eigenvalue weighted by atomic mass is 10.2. The molecule has 140 valence electrons. The molecule has 1 heterocycles. The summed E-state index contributed by atoms with van der Waals surface area (Å²) in [6.45, 7) is 0. The molecule has 0 spiro atoms. The maximum absolute atomic E-state index is 12.4. The van der Waals surface area contributed by atoms with Crippen molar-refractivity contribution in [3.8, 4) is 11.4 Å². The van der Waals surface area contributed by atoms with Crippen LogP contribution in [0.25, 0.3) is 5.69 Å². The first-order chi connectivity index (χ1) is 13.1.